The van der Waals surface area contributed by atoms with Crippen molar-refractivity contribution in [3.05, 3.63) is 33.8 Å². The fourth-order valence-corrected chi connectivity index (χ4v) is 3.07. The number of hydrogen-bond acceptors (Lipinski definition) is 3. The molecule has 0 radical (unpaired) electrons. The molecular weight excluding hydrogens is 313 g/mol. The molecule has 0 unspecified atom stereocenters. The van der Waals surface area contributed by atoms with E-state index in [1.807, 2.05) is 4.90 Å². The molecule has 2 aliphatic rings. The first-order valence-electron chi connectivity index (χ1n) is 7.12. The van der Waals surface area contributed by atoms with Crippen LogP contribution in [0.5, 0.6) is 0 Å². The molecule has 2 saturated heterocycles. The quantitative estimate of drug-likeness (QED) is 0.793. The standard InChI is InChI=1S/C15H17Cl2NO3/c16-12-3-2-11(10-13(12)17)14(19)18-6-4-15(5-7-18)20-8-1-9-21-15/h2-3,10H,1,4-9H2. The normalized spacial score (nSPS) is 21.5. The summed E-state index contributed by atoms with van der Waals surface area (Å²) in [6, 6.07) is 4.97. The van der Waals surface area contributed by atoms with E-state index in [0.717, 1.165) is 19.6 Å². The summed E-state index contributed by atoms with van der Waals surface area (Å²) in [6.07, 6.45) is 2.35. The Morgan fingerprint density at radius 1 is 1.10 bits per heavy atom. The molecule has 2 heterocycles. The number of hydrogen-bond donors (Lipinski definition) is 0. The molecule has 0 atom stereocenters. The number of nitrogens with zero attached hydrogens (tertiary/aromatic N) is 1. The third kappa shape index (κ3) is 3.19. The lowest BCUT2D eigenvalue weighted by molar-refractivity contribution is -0.281. The van der Waals surface area contributed by atoms with Crippen LogP contribution in [-0.2, 0) is 9.47 Å². The molecule has 114 valence electrons. The van der Waals surface area contributed by atoms with Crippen LogP contribution < -0.4 is 0 Å². The molecule has 2 fully saturated rings. The van der Waals surface area contributed by atoms with Crippen molar-refractivity contribution in [2.45, 2.75) is 25.0 Å². The van der Waals surface area contributed by atoms with Gasteiger partial charge in [-0.05, 0) is 24.6 Å². The molecule has 2 aliphatic heterocycles. The average Bonchev–Trinajstić information content (AvgIpc) is 2.51. The Kier molecular flexibility index (Phi) is 4.41. The maximum Gasteiger partial charge on any atom is 0.253 e. The summed E-state index contributed by atoms with van der Waals surface area (Å²) in [4.78, 5) is 14.3. The number of rotatable bonds is 1. The van der Waals surface area contributed by atoms with E-state index in [4.69, 9.17) is 32.7 Å². The molecule has 1 aromatic rings. The molecule has 0 bridgehead atoms. The molecule has 0 aromatic heterocycles. The lowest BCUT2D eigenvalue weighted by atomic mass is 10.0. The lowest BCUT2D eigenvalue weighted by Crippen LogP contribution is -2.51. The molecule has 0 saturated carbocycles. The summed E-state index contributed by atoms with van der Waals surface area (Å²) in [5.41, 5.74) is 0.561. The summed E-state index contributed by atoms with van der Waals surface area (Å²) in [7, 11) is 0. The maximum atomic E-state index is 12.5. The van der Waals surface area contributed by atoms with Crippen molar-refractivity contribution in [2.75, 3.05) is 26.3 Å². The monoisotopic (exact) mass is 329 g/mol. The SMILES string of the molecule is O=C(c1ccc(Cl)c(Cl)c1)N1CCC2(CC1)OCCCO2. The third-order valence-corrected chi connectivity index (χ3v) is 4.74. The van der Waals surface area contributed by atoms with Crippen molar-refractivity contribution in [1.82, 2.24) is 4.90 Å². The van der Waals surface area contributed by atoms with Gasteiger partial charge in [-0.15, -0.1) is 0 Å². The Labute approximate surface area is 133 Å². The van der Waals surface area contributed by atoms with Gasteiger partial charge >= 0.3 is 0 Å². The topological polar surface area (TPSA) is 38.8 Å². The van der Waals surface area contributed by atoms with E-state index in [9.17, 15) is 4.79 Å². The molecular formula is C15H17Cl2NO3. The van der Waals surface area contributed by atoms with Crippen LogP contribution in [0.4, 0.5) is 0 Å². The molecule has 3 rings (SSSR count). The van der Waals surface area contributed by atoms with E-state index >= 15 is 0 Å². The number of amides is 1. The molecule has 1 aromatic carbocycles. The highest BCUT2D eigenvalue weighted by molar-refractivity contribution is 6.42. The minimum absolute atomic E-state index is 0.0285. The highest BCUT2D eigenvalue weighted by atomic mass is 35.5. The first-order valence-corrected chi connectivity index (χ1v) is 7.87. The van der Waals surface area contributed by atoms with Gasteiger partial charge in [-0.2, -0.15) is 0 Å². The largest absolute Gasteiger partial charge is 0.350 e. The Hall–Kier alpha value is -0.810. The summed E-state index contributed by atoms with van der Waals surface area (Å²) < 4.78 is 11.6. The second-order valence-electron chi connectivity index (χ2n) is 5.38. The summed E-state index contributed by atoms with van der Waals surface area (Å²) in [5.74, 6) is -0.508. The number of halogens is 2. The Morgan fingerprint density at radius 3 is 2.38 bits per heavy atom. The van der Waals surface area contributed by atoms with Crippen LogP contribution in [0.15, 0.2) is 18.2 Å². The molecule has 6 heteroatoms. The van der Waals surface area contributed by atoms with E-state index < -0.39 is 5.79 Å². The van der Waals surface area contributed by atoms with Gasteiger partial charge in [0.2, 0.25) is 0 Å². The lowest BCUT2D eigenvalue weighted by Gasteiger charge is -2.43. The molecule has 1 amide bonds. The predicted octanol–water partition coefficient (Wildman–Crippen LogP) is 3.36. The second-order valence-corrected chi connectivity index (χ2v) is 6.20. The van der Waals surface area contributed by atoms with Crippen LogP contribution in [-0.4, -0.2) is 42.9 Å². The molecule has 0 aliphatic carbocycles. The second kappa shape index (κ2) is 6.13. The fraction of sp³-hybridized carbons (Fsp3) is 0.533. The van der Waals surface area contributed by atoms with E-state index in [-0.39, 0.29) is 5.91 Å². The third-order valence-electron chi connectivity index (χ3n) is 4.00. The van der Waals surface area contributed by atoms with Crippen molar-refractivity contribution in [3.8, 4) is 0 Å². The van der Waals surface area contributed by atoms with Crippen molar-refractivity contribution >= 4 is 29.1 Å². The van der Waals surface area contributed by atoms with Crippen molar-refractivity contribution < 1.29 is 14.3 Å². The Bertz CT molecular complexity index is 534. The fourth-order valence-electron chi connectivity index (χ4n) is 2.77. The highest BCUT2D eigenvalue weighted by Gasteiger charge is 2.39. The van der Waals surface area contributed by atoms with Crippen LogP contribution in [0.2, 0.25) is 10.0 Å². The number of carbonyl (C=O) groups is 1. The first kappa shape index (κ1) is 15.1. The smallest absolute Gasteiger partial charge is 0.253 e. The highest BCUT2D eigenvalue weighted by Crippen LogP contribution is 2.31. The van der Waals surface area contributed by atoms with Crippen LogP contribution in [0.3, 0.4) is 0 Å². The first-order chi connectivity index (χ1) is 10.1. The number of benzene rings is 1. The van der Waals surface area contributed by atoms with Crippen molar-refractivity contribution in [2.24, 2.45) is 0 Å². The molecule has 1 spiro atoms. The van der Waals surface area contributed by atoms with Gasteiger partial charge < -0.3 is 14.4 Å². The number of carbonyl (C=O) groups excluding carboxylic acids is 1. The number of ether oxygens (including phenoxy) is 2. The Morgan fingerprint density at radius 2 is 1.76 bits per heavy atom. The zero-order valence-corrected chi connectivity index (χ0v) is 13.1. The van der Waals surface area contributed by atoms with E-state index in [0.29, 0.717) is 41.5 Å². The van der Waals surface area contributed by atoms with Crippen LogP contribution >= 0.6 is 23.2 Å². The van der Waals surface area contributed by atoms with E-state index in [1.165, 1.54) is 0 Å². The molecule has 4 nitrogen and oxygen atoms in total. The van der Waals surface area contributed by atoms with Crippen molar-refractivity contribution in [3.63, 3.8) is 0 Å². The number of likely N-dealkylation sites (tertiary alicyclic amines) is 1. The van der Waals surface area contributed by atoms with Gasteiger partial charge in [0.15, 0.2) is 5.79 Å². The zero-order chi connectivity index (χ0) is 14.9. The van der Waals surface area contributed by atoms with Gasteiger partial charge in [-0.25, -0.2) is 0 Å². The van der Waals surface area contributed by atoms with Crippen molar-refractivity contribution in [1.29, 1.82) is 0 Å². The average molecular weight is 330 g/mol. The van der Waals surface area contributed by atoms with E-state index in [2.05, 4.69) is 0 Å². The minimum atomic E-state index is -0.479. The predicted molar refractivity (Wildman–Crippen MR) is 80.9 cm³/mol. The summed E-state index contributed by atoms with van der Waals surface area (Å²) >= 11 is 11.8. The molecule has 21 heavy (non-hydrogen) atoms. The Balaban J connectivity index is 1.65. The van der Waals surface area contributed by atoms with Gasteiger partial charge in [-0.1, -0.05) is 23.2 Å². The van der Waals surface area contributed by atoms with E-state index in [1.54, 1.807) is 18.2 Å². The van der Waals surface area contributed by atoms with Gasteiger partial charge in [-0.3, -0.25) is 4.79 Å². The van der Waals surface area contributed by atoms with Crippen LogP contribution in [0.25, 0.3) is 0 Å². The minimum Gasteiger partial charge on any atom is -0.350 e. The van der Waals surface area contributed by atoms with Crippen LogP contribution in [0, 0.1) is 0 Å². The van der Waals surface area contributed by atoms with Gasteiger partial charge in [0.1, 0.15) is 0 Å². The molecule has 0 N–H and O–H groups in total. The van der Waals surface area contributed by atoms with Gasteiger partial charge in [0.05, 0.1) is 23.3 Å². The van der Waals surface area contributed by atoms with Crippen LogP contribution in [0.1, 0.15) is 29.6 Å². The number of piperidine rings is 1. The van der Waals surface area contributed by atoms with Gasteiger partial charge in [0.25, 0.3) is 5.91 Å². The summed E-state index contributed by atoms with van der Waals surface area (Å²) in [5, 5.41) is 0.852. The zero-order valence-electron chi connectivity index (χ0n) is 11.6. The van der Waals surface area contributed by atoms with Gasteiger partial charge in [0, 0.05) is 31.5 Å². The maximum absolute atomic E-state index is 12.5. The summed E-state index contributed by atoms with van der Waals surface area (Å²) in [6.45, 7) is 2.72.